The molecule has 1 heterocycles. The van der Waals surface area contributed by atoms with Crippen molar-refractivity contribution >= 4 is 34.8 Å². The zero-order valence-corrected chi connectivity index (χ0v) is 23.7. The maximum atomic E-state index is 13.2. The molecule has 4 rings (SSSR count). The molecule has 3 aromatic rings. The minimum atomic E-state index is -1.15. The topological polar surface area (TPSA) is 174 Å². The lowest BCUT2D eigenvalue weighted by molar-refractivity contribution is 0.0696. The molecule has 0 saturated heterocycles. The van der Waals surface area contributed by atoms with Crippen LogP contribution in [0.25, 0.3) is 0 Å². The molecule has 2 amide bonds. The lowest BCUT2D eigenvalue weighted by Crippen LogP contribution is -2.17. The molecule has 12 heteroatoms. The number of amides is 2. The van der Waals surface area contributed by atoms with Gasteiger partial charge in [-0.15, -0.1) is 10.2 Å². The van der Waals surface area contributed by atoms with Crippen LogP contribution in [0.5, 0.6) is 17.2 Å². The molecule has 1 aliphatic heterocycles. The Morgan fingerprint density at radius 3 is 1.79 bits per heavy atom. The van der Waals surface area contributed by atoms with Crippen molar-refractivity contribution in [1.82, 2.24) is 0 Å². The highest BCUT2D eigenvalue weighted by molar-refractivity contribution is 6.08. The van der Waals surface area contributed by atoms with Gasteiger partial charge in [0.1, 0.15) is 17.2 Å². The number of aromatic carboxylic acids is 1. The Bertz CT molecular complexity index is 1510. The van der Waals surface area contributed by atoms with Gasteiger partial charge in [0.15, 0.2) is 0 Å². The van der Waals surface area contributed by atoms with E-state index in [-0.39, 0.29) is 34.4 Å². The Morgan fingerprint density at radius 1 is 0.762 bits per heavy atom. The number of carboxylic acids is 1. The first kappa shape index (κ1) is 29.8. The summed E-state index contributed by atoms with van der Waals surface area (Å²) in [5, 5.41) is 22.2. The van der Waals surface area contributed by atoms with E-state index in [1.54, 1.807) is 24.3 Å². The number of nitrogens with one attached hydrogen (secondary N) is 2. The third kappa shape index (κ3) is 7.96. The predicted octanol–water partition coefficient (Wildman–Crippen LogP) is 5.67. The lowest BCUT2D eigenvalue weighted by atomic mass is 10.1. The summed E-state index contributed by atoms with van der Waals surface area (Å²) >= 11 is 0. The molecule has 5 N–H and O–H groups in total. The molecular formula is C30H33N5O7. The van der Waals surface area contributed by atoms with Gasteiger partial charge in [-0.25, -0.2) is 4.79 Å². The fourth-order valence-electron chi connectivity index (χ4n) is 3.63. The summed E-state index contributed by atoms with van der Waals surface area (Å²) in [7, 11) is 0. The monoisotopic (exact) mass is 575 g/mol. The minimum Gasteiger partial charge on any atom is -0.491 e. The highest BCUT2D eigenvalue weighted by atomic mass is 16.5. The number of anilines is 3. The summed E-state index contributed by atoms with van der Waals surface area (Å²) in [5.41, 5.74) is 7.60. The van der Waals surface area contributed by atoms with Gasteiger partial charge in [0.05, 0.1) is 35.8 Å². The second-order valence-electron chi connectivity index (χ2n) is 10.5. The minimum absolute atomic E-state index is 0.0205. The van der Waals surface area contributed by atoms with Gasteiger partial charge in [-0.1, -0.05) is 27.7 Å². The number of carboxylic acid groups (broad SMARTS) is 1. The summed E-state index contributed by atoms with van der Waals surface area (Å²) in [6.07, 6.45) is -0.748. The molecule has 0 saturated carbocycles. The summed E-state index contributed by atoms with van der Waals surface area (Å²) in [5.74, 6) is -0.783. The summed E-state index contributed by atoms with van der Waals surface area (Å²) in [6.45, 7) is 8.77. The Hall–Kier alpha value is -5.13. The SMILES string of the molecule is CC(C)COc1cc(C(=O)Nc2ccc(C(=O)Nc3ccc(C(=O)O)cc3OC3N=N3)cc2OCC(C)C)ccc1N. The molecule has 0 atom stereocenters. The molecule has 0 unspecified atom stereocenters. The molecule has 42 heavy (non-hydrogen) atoms. The number of nitrogen functional groups attached to an aromatic ring is 1. The van der Waals surface area contributed by atoms with Gasteiger partial charge < -0.3 is 35.7 Å². The van der Waals surface area contributed by atoms with Crippen LogP contribution in [0.15, 0.2) is 64.8 Å². The van der Waals surface area contributed by atoms with Crippen LogP contribution in [0.4, 0.5) is 17.1 Å². The zero-order chi connectivity index (χ0) is 30.4. The standard InChI is InChI=1S/C30H33N5O7/c1-16(2)14-40-24-11-18(5-8-21(24)31)27(36)32-22-9-6-19(12-25(22)41-15-17(3)4)28(37)33-23-10-7-20(29(38)39)13-26(23)42-30-34-35-30/h5-13,16-17,30H,14-15,31H2,1-4H3,(H,32,36)(H,33,37)(H,38,39). The first-order valence-corrected chi connectivity index (χ1v) is 13.4. The second kappa shape index (κ2) is 13.0. The number of carbonyl (C=O) groups is 3. The van der Waals surface area contributed by atoms with E-state index >= 15 is 0 Å². The van der Waals surface area contributed by atoms with Crippen molar-refractivity contribution < 1.29 is 33.7 Å². The Balaban J connectivity index is 1.55. The zero-order valence-electron chi connectivity index (χ0n) is 23.7. The van der Waals surface area contributed by atoms with Crippen molar-refractivity contribution in [2.45, 2.75) is 34.0 Å². The van der Waals surface area contributed by atoms with E-state index in [1.165, 1.54) is 30.3 Å². The lowest BCUT2D eigenvalue weighted by Gasteiger charge is -2.17. The number of ether oxygens (including phenoxy) is 3. The molecule has 0 aliphatic carbocycles. The number of hydrogen-bond acceptors (Lipinski definition) is 9. The van der Waals surface area contributed by atoms with Gasteiger partial charge in [-0.3, -0.25) is 9.59 Å². The van der Waals surface area contributed by atoms with E-state index in [0.717, 1.165) is 0 Å². The van der Waals surface area contributed by atoms with Crippen LogP contribution < -0.4 is 30.6 Å². The van der Waals surface area contributed by atoms with Crippen molar-refractivity contribution in [2.75, 3.05) is 29.6 Å². The second-order valence-corrected chi connectivity index (χ2v) is 10.5. The highest BCUT2D eigenvalue weighted by Crippen LogP contribution is 2.32. The first-order chi connectivity index (χ1) is 20.0. The summed E-state index contributed by atoms with van der Waals surface area (Å²) in [6, 6.07) is 13.5. The van der Waals surface area contributed by atoms with Gasteiger partial charge in [0.2, 0.25) is 0 Å². The molecule has 0 radical (unpaired) electrons. The molecule has 1 aliphatic rings. The predicted molar refractivity (Wildman–Crippen MR) is 157 cm³/mol. The Morgan fingerprint density at radius 2 is 1.24 bits per heavy atom. The fraction of sp³-hybridized carbons (Fsp3) is 0.300. The number of nitrogens with zero attached hydrogens (tertiary/aromatic N) is 2. The van der Waals surface area contributed by atoms with E-state index in [4.69, 9.17) is 19.9 Å². The fourth-order valence-corrected chi connectivity index (χ4v) is 3.63. The van der Waals surface area contributed by atoms with Crippen LogP contribution in [0.1, 0.15) is 58.8 Å². The van der Waals surface area contributed by atoms with Gasteiger partial charge in [-0.05, 0) is 66.4 Å². The first-order valence-electron chi connectivity index (χ1n) is 13.4. The van der Waals surface area contributed by atoms with Crippen molar-refractivity contribution in [1.29, 1.82) is 0 Å². The van der Waals surface area contributed by atoms with Crippen molar-refractivity contribution in [3.63, 3.8) is 0 Å². The van der Waals surface area contributed by atoms with Crippen molar-refractivity contribution in [3.05, 3.63) is 71.3 Å². The van der Waals surface area contributed by atoms with E-state index in [0.29, 0.717) is 41.7 Å². The Labute approximate surface area is 242 Å². The Kier molecular flexibility index (Phi) is 9.25. The molecule has 0 spiro atoms. The number of hydrogen-bond donors (Lipinski definition) is 4. The average molecular weight is 576 g/mol. The summed E-state index contributed by atoms with van der Waals surface area (Å²) < 4.78 is 17.2. The number of benzene rings is 3. The van der Waals surface area contributed by atoms with Crippen LogP contribution in [-0.4, -0.2) is 42.5 Å². The number of nitrogens with two attached hydrogens (primary N) is 1. The average Bonchev–Trinajstić information content (AvgIpc) is 3.76. The molecule has 12 nitrogen and oxygen atoms in total. The molecule has 0 bridgehead atoms. The van der Waals surface area contributed by atoms with Crippen LogP contribution in [0.2, 0.25) is 0 Å². The van der Waals surface area contributed by atoms with E-state index < -0.39 is 24.1 Å². The van der Waals surface area contributed by atoms with Crippen LogP contribution >= 0.6 is 0 Å². The van der Waals surface area contributed by atoms with E-state index in [9.17, 15) is 19.5 Å². The van der Waals surface area contributed by atoms with E-state index in [1.807, 2.05) is 27.7 Å². The van der Waals surface area contributed by atoms with Gasteiger partial charge in [0.25, 0.3) is 11.8 Å². The molecular weight excluding hydrogens is 542 g/mol. The molecule has 3 aromatic carbocycles. The number of carbonyl (C=O) groups excluding carboxylic acids is 2. The summed E-state index contributed by atoms with van der Waals surface area (Å²) in [4.78, 5) is 37.8. The van der Waals surface area contributed by atoms with Crippen molar-refractivity contribution in [2.24, 2.45) is 22.1 Å². The quantitative estimate of drug-likeness (QED) is 0.189. The largest absolute Gasteiger partial charge is 0.491 e. The molecule has 220 valence electrons. The smallest absolute Gasteiger partial charge is 0.335 e. The van der Waals surface area contributed by atoms with Crippen LogP contribution in [-0.2, 0) is 0 Å². The van der Waals surface area contributed by atoms with E-state index in [2.05, 4.69) is 20.9 Å². The van der Waals surface area contributed by atoms with Crippen LogP contribution in [0, 0.1) is 11.8 Å². The molecule has 0 aromatic heterocycles. The van der Waals surface area contributed by atoms with Gasteiger partial charge in [-0.2, -0.15) is 0 Å². The van der Waals surface area contributed by atoms with Gasteiger partial charge >= 0.3 is 12.3 Å². The van der Waals surface area contributed by atoms with Crippen molar-refractivity contribution in [3.8, 4) is 17.2 Å². The third-order valence-electron chi connectivity index (χ3n) is 5.83. The maximum Gasteiger partial charge on any atom is 0.335 e. The normalized spacial score (nSPS) is 12.2. The maximum absolute atomic E-state index is 13.2. The van der Waals surface area contributed by atoms with Gasteiger partial charge in [0, 0.05) is 11.1 Å². The van der Waals surface area contributed by atoms with Crippen LogP contribution in [0.3, 0.4) is 0 Å². The molecule has 0 fully saturated rings. The third-order valence-corrected chi connectivity index (χ3v) is 5.83. The number of rotatable bonds is 13. The highest BCUT2D eigenvalue weighted by Gasteiger charge is 2.22.